The third kappa shape index (κ3) is 2.72. The average Bonchev–Trinajstić information content (AvgIpc) is 2.36. The lowest BCUT2D eigenvalue weighted by Gasteiger charge is -2.11. The predicted molar refractivity (Wildman–Crippen MR) is 65.5 cm³/mol. The van der Waals surface area contributed by atoms with Gasteiger partial charge in [-0.25, -0.2) is 0 Å². The van der Waals surface area contributed by atoms with Crippen LogP contribution in [-0.2, 0) is 9.53 Å². The van der Waals surface area contributed by atoms with E-state index >= 15 is 0 Å². The predicted octanol–water partition coefficient (Wildman–Crippen LogP) is 3.25. The van der Waals surface area contributed by atoms with E-state index < -0.39 is 0 Å². The molecule has 1 aromatic carbocycles. The van der Waals surface area contributed by atoms with E-state index in [4.69, 9.17) is 4.74 Å². The van der Waals surface area contributed by atoms with Crippen molar-refractivity contribution in [3.63, 3.8) is 0 Å². The number of carbonyl (C=O) groups is 1. The van der Waals surface area contributed by atoms with Crippen LogP contribution in [0.3, 0.4) is 0 Å². The van der Waals surface area contributed by atoms with Gasteiger partial charge in [0.2, 0.25) is 0 Å². The van der Waals surface area contributed by atoms with Crippen LogP contribution in [0.25, 0.3) is 0 Å². The molecule has 2 nitrogen and oxygen atoms in total. The zero-order chi connectivity index (χ0) is 12.1. The van der Waals surface area contributed by atoms with E-state index in [1.54, 1.807) is 0 Å². The van der Waals surface area contributed by atoms with Gasteiger partial charge in [-0.05, 0) is 24.0 Å². The Kier molecular flexibility index (Phi) is 4.29. The summed E-state index contributed by atoms with van der Waals surface area (Å²) in [6.45, 7) is 7.70. The largest absolute Gasteiger partial charge is 0.469 e. The van der Waals surface area contributed by atoms with Crippen LogP contribution in [0.2, 0.25) is 0 Å². The van der Waals surface area contributed by atoms with Gasteiger partial charge < -0.3 is 4.74 Å². The van der Waals surface area contributed by atoms with Crippen molar-refractivity contribution in [2.75, 3.05) is 7.11 Å². The summed E-state index contributed by atoms with van der Waals surface area (Å²) in [4.78, 5) is 11.3. The highest BCUT2D eigenvalue weighted by Gasteiger charge is 2.15. The molecule has 2 heteroatoms. The topological polar surface area (TPSA) is 26.3 Å². The zero-order valence-corrected chi connectivity index (χ0v) is 10.1. The summed E-state index contributed by atoms with van der Waals surface area (Å²) in [5.41, 5.74) is 2.18. The lowest BCUT2D eigenvalue weighted by Crippen LogP contribution is -2.10. The minimum Gasteiger partial charge on any atom is -0.469 e. The highest BCUT2D eigenvalue weighted by atomic mass is 16.5. The summed E-state index contributed by atoms with van der Waals surface area (Å²) in [6, 6.07) is 8.00. The van der Waals surface area contributed by atoms with Crippen LogP contribution < -0.4 is 0 Å². The molecule has 0 aliphatic rings. The first kappa shape index (κ1) is 12.5. The fourth-order valence-corrected chi connectivity index (χ4v) is 1.54. The number of rotatable bonds is 4. The number of methoxy groups -OCH3 is 1. The summed E-state index contributed by atoms with van der Waals surface area (Å²) in [5, 5.41) is 0. The number of carbonyl (C=O) groups excluding carboxylic acids is 1. The van der Waals surface area contributed by atoms with Crippen molar-refractivity contribution in [3.05, 3.63) is 48.0 Å². The van der Waals surface area contributed by atoms with Crippen molar-refractivity contribution < 1.29 is 9.53 Å². The van der Waals surface area contributed by atoms with Crippen molar-refractivity contribution >= 4 is 5.97 Å². The van der Waals surface area contributed by atoms with Crippen LogP contribution in [0.1, 0.15) is 36.8 Å². The number of allylic oxidation sites excluding steroid dienone is 1. The molecule has 1 rings (SSSR count). The molecule has 0 heterocycles. The first-order valence-electron chi connectivity index (χ1n) is 5.40. The number of benzene rings is 1. The first-order chi connectivity index (χ1) is 7.60. The van der Waals surface area contributed by atoms with Crippen molar-refractivity contribution in [1.29, 1.82) is 0 Å². The summed E-state index contributed by atoms with van der Waals surface area (Å²) in [5.74, 6) is -0.0786. The van der Waals surface area contributed by atoms with Crippen LogP contribution in [0.4, 0.5) is 0 Å². The normalized spacial score (nSPS) is 13.9. The number of ether oxygens (including phenoxy) is 1. The van der Waals surface area contributed by atoms with Gasteiger partial charge in [-0.2, -0.15) is 0 Å². The molecule has 1 aromatic rings. The smallest absolute Gasteiger partial charge is 0.312 e. The second-order valence-corrected chi connectivity index (χ2v) is 3.94. The quantitative estimate of drug-likeness (QED) is 0.572. The van der Waals surface area contributed by atoms with E-state index in [-0.39, 0.29) is 11.9 Å². The van der Waals surface area contributed by atoms with Crippen molar-refractivity contribution in [3.8, 4) is 0 Å². The Hall–Kier alpha value is -1.57. The van der Waals surface area contributed by atoms with Crippen molar-refractivity contribution in [1.82, 2.24) is 0 Å². The van der Waals surface area contributed by atoms with Crippen molar-refractivity contribution in [2.24, 2.45) is 0 Å². The van der Waals surface area contributed by atoms with Gasteiger partial charge in [0.15, 0.2) is 0 Å². The van der Waals surface area contributed by atoms with Gasteiger partial charge in [-0.15, -0.1) is 6.58 Å². The highest BCUT2D eigenvalue weighted by molar-refractivity contribution is 5.77. The van der Waals surface area contributed by atoms with Gasteiger partial charge in [-0.1, -0.05) is 37.3 Å². The number of esters is 1. The van der Waals surface area contributed by atoms with E-state index in [9.17, 15) is 4.79 Å². The second kappa shape index (κ2) is 5.50. The maximum atomic E-state index is 11.3. The van der Waals surface area contributed by atoms with Gasteiger partial charge >= 0.3 is 5.97 Å². The SMILES string of the molecule is C=CC(C)c1ccc(C(C)C(=O)OC)cc1. The van der Waals surface area contributed by atoms with Gasteiger partial charge in [0.1, 0.15) is 0 Å². The van der Waals surface area contributed by atoms with Crippen molar-refractivity contribution in [2.45, 2.75) is 25.7 Å². The van der Waals surface area contributed by atoms with Gasteiger partial charge in [0.05, 0.1) is 13.0 Å². The molecule has 0 amide bonds. The maximum Gasteiger partial charge on any atom is 0.312 e. The van der Waals surface area contributed by atoms with E-state index in [0.717, 1.165) is 5.56 Å². The van der Waals surface area contributed by atoms with Crippen LogP contribution in [-0.4, -0.2) is 13.1 Å². The second-order valence-electron chi connectivity index (χ2n) is 3.94. The average molecular weight is 218 g/mol. The Labute approximate surface area is 96.9 Å². The molecule has 86 valence electrons. The van der Waals surface area contributed by atoms with Gasteiger partial charge in [0, 0.05) is 0 Å². The molecule has 0 N–H and O–H groups in total. The maximum absolute atomic E-state index is 11.3. The van der Waals surface area contributed by atoms with E-state index in [1.165, 1.54) is 12.7 Å². The van der Waals surface area contributed by atoms with E-state index in [0.29, 0.717) is 5.92 Å². The molecule has 0 saturated heterocycles. The molecule has 0 aromatic heterocycles. The zero-order valence-electron chi connectivity index (χ0n) is 10.1. The summed E-state index contributed by atoms with van der Waals surface area (Å²) in [6.07, 6.45) is 1.90. The lowest BCUT2D eigenvalue weighted by atomic mass is 9.95. The Morgan fingerprint density at radius 1 is 1.25 bits per heavy atom. The molecule has 0 bridgehead atoms. The fraction of sp³-hybridized carbons (Fsp3) is 0.357. The summed E-state index contributed by atoms with van der Waals surface area (Å²) in [7, 11) is 1.41. The molecule has 0 radical (unpaired) electrons. The molecule has 0 fully saturated rings. The molecule has 0 spiro atoms. The standard InChI is InChI=1S/C14H18O2/c1-5-10(2)12-6-8-13(9-7-12)11(3)14(15)16-4/h5-11H,1H2,2-4H3. The van der Waals surface area contributed by atoms with Gasteiger partial charge in [0.25, 0.3) is 0 Å². The third-order valence-corrected chi connectivity index (χ3v) is 2.87. The monoisotopic (exact) mass is 218 g/mol. The minimum atomic E-state index is -0.210. The summed E-state index contributed by atoms with van der Waals surface area (Å²) >= 11 is 0. The summed E-state index contributed by atoms with van der Waals surface area (Å²) < 4.78 is 4.71. The Morgan fingerprint density at radius 2 is 1.75 bits per heavy atom. The Balaban J connectivity index is 2.86. The van der Waals surface area contributed by atoms with Crippen LogP contribution in [0.15, 0.2) is 36.9 Å². The molecule has 0 saturated carbocycles. The number of hydrogen-bond donors (Lipinski definition) is 0. The van der Waals surface area contributed by atoms with E-state index in [2.05, 4.69) is 13.5 Å². The number of hydrogen-bond acceptors (Lipinski definition) is 2. The molecule has 2 unspecified atom stereocenters. The Morgan fingerprint density at radius 3 is 2.19 bits per heavy atom. The highest BCUT2D eigenvalue weighted by Crippen LogP contribution is 2.21. The third-order valence-electron chi connectivity index (χ3n) is 2.87. The fourth-order valence-electron chi connectivity index (χ4n) is 1.54. The minimum absolute atomic E-state index is 0.204. The van der Waals surface area contributed by atoms with Crippen LogP contribution in [0.5, 0.6) is 0 Å². The molecular weight excluding hydrogens is 200 g/mol. The molecule has 16 heavy (non-hydrogen) atoms. The molecular formula is C14H18O2. The van der Waals surface area contributed by atoms with Crippen LogP contribution >= 0.6 is 0 Å². The Bertz CT molecular complexity index is 365. The molecule has 0 aliphatic carbocycles. The molecule has 0 aliphatic heterocycles. The lowest BCUT2D eigenvalue weighted by molar-refractivity contribution is -0.141. The van der Waals surface area contributed by atoms with E-state index in [1.807, 2.05) is 37.3 Å². The molecule has 2 atom stereocenters. The first-order valence-corrected chi connectivity index (χ1v) is 5.40. The van der Waals surface area contributed by atoms with Gasteiger partial charge in [-0.3, -0.25) is 4.79 Å². The van der Waals surface area contributed by atoms with Crippen LogP contribution in [0, 0.1) is 0 Å².